The lowest BCUT2D eigenvalue weighted by Crippen LogP contribution is -2.57. The van der Waals surface area contributed by atoms with Crippen LogP contribution in [-0.4, -0.2) is 113 Å². The summed E-state index contributed by atoms with van der Waals surface area (Å²) in [6.45, 7) is 10.7. The molecule has 7 rings (SSSR count). The molecule has 1 N–H and O–H groups in total. The predicted molar refractivity (Wildman–Crippen MR) is 223 cm³/mol. The SMILES string of the molecule is C=CC1CC1(NC(=O)[C@@H]1C[C@@H](Oc2cc(-c3ccccn3)nc3c(C)c(OC)ccc23)CN1C(=O)[C@@H](CC(=O)N1CCC(C(F)(F)F)CC1)C(C)(C)C)C(=O)N(C1CC1)[SH](=O)=O. The lowest BCUT2D eigenvalue weighted by molar-refractivity contribution is -0.186. The highest BCUT2D eigenvalue weighted by molar-refractivity contribution is 7.70. The predicted octanol–water partition coefficient (Wildman–Crippen LogP) is 5.39. The number of hydrogen-bond donors (Lipinski definition) is 2. The average molecular weight is 883 g/mol. The third kappa shape index (κ3) is 8.97. The number of nitrogens with one attached hydrogen (secondary N) is 1. The fourth-order valence-corrected chi connectivity index (χ4v) is 9.66. The van der Waals surface area contributed by atoms with Gasteiger partial charge in [0.05, 0.1) is 42.4 Å². The number of pyridine rings is 2. The van der Waals surface area contributed by atoms with Gasteiger partial charge in [0.25, 0.3) is 5.91 Å². The number of likely N-dealkylation sites (tertiary alicyclic amines) is 2. The first-order chi connectivity index (χ1) is 29.3. The highest BCUT2D eigenvalue weighted by Gasteiger charge is 2.63. The van der Waals surface area contributed by atoms with Gasteiger partial charge in [0.2, 0.25) is 28.6 Å². The van der Waals surface area contributed by atoms with Gasteiger partial charge < -0.3 is 24.6 Å². The Morgan fingerprint density at radius 3 is 2.32 bits per heavy atom. The van der Waals surface area contributed by atoms with E-state index in [1.54, 1.807) is 64.4 Å². The van der Waals surface area contributed by atoms with Crippen LogP contribution in [0.2, 0.25) is 0 Å². The van der Waals surface area contributed by atoms with Crippen LogP contribution in [0.1, 0.15) is 71.3 Å². The molecule has 2 aliphatic heterocycles. The van der Waals surface area contributed by atoms with Gasteiger partial charge in [0.1, 0.15) is 29.2 Å². The number of hydrogen-bond acceptors (Lipinski definition) is 10. The summed E-state index contributed by atoms with van der Waals surface area (Å²) in [6, 6.07) is 9.00. The van der Waals surface area contributed by atoms with Gasteiger partial charge in [-0.2, -0.15) is 13.2 Å². The highest BCUT2D eigenvalue weighted by Crippen LogP contribution is 2.48. The molecule has 0 radical (unpaired) electrons. The largest absolute Gasteiger partial charge is 0.496 e. The summed E-state index contributed by atoms with van der Waals surface area (Å²) < 4.78 is 78.2. The number of nitrogens with zero attached hydrogens (tertiary/aromatic N) is 5. The number of carbonyl (C=O) groups excluding carboxylic acids is 4. The van der Waals surface area contributed by atoms with E-state index in [-0.39, 0.29) is 51.7 Å². The molecule has 334 valence electrons. The first-order valence-electron chi connectivity index (χ1n) is 20.9. The molecule has 0 bridgehead atoms. The summed E-state index contributed by atoms with van der Waals surface area (Å²) in [4.78, 5) is 69.5. The minimum absolute atomic E-state index is 0.0452. The Balaban J connectivity index is 1.22. The number of benzene rings is 1. The topological polar surface area (TPSA) is 168 Å². The Morgan fingerprint density at radius 2 is 1.76 bits per heavy atom. The van der Waals surface area contributed by atoms with Crippen LogP contribution in [0.3, 0.4) is 0 Å². The number of methoxy groups -OCH3 is 1. The van der Waals surface area contributed by atoms with Crippen LogP contribution in [0.4, 0.5) is 13.2 Å². The molecule has 2 saturated heterocycles. The lowest BCUT2D eigenvalue weighted by Gasteiger charge is -2.37. The van der Waals surface area contributed by atoms with Crippen molar-refractivity contribution in [2.75, 3.05) is 26.7 Å². The zero-order chi connectivity index (χ0) is 44.9. The van der Waals surface area contributed by atoms with E-state index in [0.717, 1.165) is 9.87 Å². The number of fused-ring (bicyclic) bond motifs is 1. The Bertz CT molecular complexity index is 2320. The van der Waals surface area contributed by atoms with Gasteiger partial charge in [-0.15, -0.1) is 6.58 Å². The van der Waals surface area contributed by atoms with Crippen molar-refractivity contribution in [3.63, 3.8) is 0 Å². The molecular formula is C44H53F3N6O8S. The number of alkyl halides is 3. The number of thiol groups is 1. The van der Waals surface area contributed by atoms with Crippen molar-refractivity contribution >= 4 is 45.4 Å². The summed E-state index contributed by atoms with van der Waals surface area (Å²) >= 11 is 0. The Kier molecular flexibility index (Phi) is 12.4. The molecule has 1 aromatic carbocycles. The fraction of sp³-hybridized carbons (Fsp3) is 0.545. The van der Waals surface area contributed by atoms with Crippen molar-refractivity contribution in [2.45, 2.75) is 103 Å². The Labute approximate surface area is 360 Å². The zero-order valence-electron chi connectivity index (χ0n) is 35.4. The first-order valence-corrected chi connectivity index (χ1v) is 22.0. The molecule has 2 aromatic heterocycles. The summed E-state index contributed by atoms with van der Waals surface area (Å²) in [7, 11) is -1.74. The van der Waals surface area contributed by atoms with E-state index in [9.17, 15) is 40.8 Å². The van der Waals surface area contributed by atoms with E-state index >= 15 is 0 Å². The van der Waals surface area contributed by atoms with Gasteiger partial charge in [-0.05, 0) is 68.7 Å². The Morgan fingerprint density at radius 1 is 1.05 bits per heavy atom. The summed E-state index contributed by atoms with van der Waals surface area (Å²) in [5.41, 5.74) is -0.0601. The number of rotatable bonds is 13. The van der Waals surface area contributed by atoms with Crippen molar-refractivity contribution in [1.29, 1.82) is 0 Å². The molecule has 3 aromatic rings. The average Bonchev–Trinajstić information content (AvgIpc) is 4.15. The number of ether oxygens (including phenoxy) is 2. The number of piperidine rings is 1. The molecule has 2 saturated carbocycles. The van der Waals surface area contributed by atoms with Crippen LogP contribution >= 0.6 is 0 Å². The van der Waals surface area contributed by atoms with Gasteiger partial charge in [-0.3, -0.25) is 24.2 Å². The molecule has 18 heteroatoms. The van der Waals surface area contributed by atoms with Crippen LogP contribution in [0.25, 0.3) is 22.3 Å². The van der Waals surface area contributed by atoms with Gasteiger partial charge in [0, 0.05) is 61.1 Å². The second-order valence-corrected chi connectivity index (χ2v) is 18.8. The van der Waals surface area contributed by atoms with Crippen molar-refractivity contribution in [1.82, 2.24) is 29.4 Å². The number of amides is 4. The minimum Gasteiger partial charge on any atom is -0.496 e. The lowest BCUT2D eigenvalue weighted by atomic mass is 9.77. The second kappa shape index (κ2) is 17.1. The molecule has 4 aliphatic rings. The van der Waals surface area contributed by atoms with E-state index < -0.39 is 87.6 Å². The normalized spacial score (nSPS) is 23.5. The number of carbonyl (C=O) groups is 4. The molecule has 4 heterocycles. The minimum atomic E-state index is -4.37. The molecule has 2 unspecified atom stereocenters. The summed E-state index contributed by atoms with van der Waals surface area (Å²) in [5.74, 6) is -4.58. The molecule has 62 heavy (non-hydrogen) atoms. The quantitative estimate of drug-likeness (QED) is 0.168. The standard InChI is InChI=1S/C44H53F3N6O8S/c1-7-26-23-43(26,41(57)53(62(58)59)28-11-12-28)50-39(55)34-20-29(61-36-22-33(32-10-8-9-17-48-32)49-38-25(2)35(60-6)14-13-30(36)38)24-52(34)40(56)31(42(3,4)5)21-37(54)51-18-15-27(16-19-51)44(45,46)47/h7-10,13-14,17,22,26-29,31,34,62H,1,11-12,15-16,18-21,23-24H2,2-6H3,(H,50,55)/t26?,29-,31-,34+,43?/m1/s1. The maximum Gasteiger partial charge on any atom is 0.391 e. The van der Waals surface area contributed by atoms with Gasteiger partial charge in [0.15, 0.2) is 0 Å². The van der Waals surface area contributed by atoms with Crippen molar-refractivity contribution in [2.24, 2.45) is 23.2 Å². The molecular weight excluding hydrogens is 830 g/mol. The van der Waals surface area contributed by atoms with Gasteiger partial charge >= 0.3 is 6.18 Å². The molecule has 4 amide bonds. The van der Waals surface area contributed by atoms with E-state index in [1.807, 2.05) is 13.0 Å². The number of aryl methyl sites for hydroxylation is 1. The van der Waals surface area contributed by atoms with Crippen LogP contribution < -0.4 is 14.8 Å². The van der Waals surface area contributed by atoms with Crippen LogP contribution in [-0.2, 0) is 30.1 Å². The van der Waals surface area contributed by atoms with Crippen molar-refractivity contribution in [3.8, 4) is 22.9 Å². The van der Waals surface area contributed by atoms with E-state index in [1.165, 1.54) is 15.9 Å². The fourth-order valence-electron chi connectivity index (χ4n) is 8.84. The van der Waals surface area contributed by atoms with Crippen molar-refractivity contribution < 1.29 is 50.2 Å². The zero-order valence-corrected chi connectivity index (χ0v) is 36.3. The van der Waals surface area contributed by atoms with Crippen molar-refractivity contribution in [3.05, 3.63) is 60.8 Å². The van der Waals surface area contributed by atoms with E-state index in [4.69, 9.17) is 14.5 Å². The third-order valence-electron chi connectivity index (χ3n) is 12.8. The smallest absolute Gasteiger partial charge is 0.391 e. The van der Waals surface area contributed by atoms with Gasteiger partial charge in [-0.1, -0.05) is 32.9 Å². The monoisotopic (exact) mass is 882 g/mol. The molecule has 0 spiro atoms. The highest BCUT2D eigenvalue weighted by atomic mass is 32.2. The van der Waals surface area contributed by atoms with E-state index in [0.29, 0.717) is 46.6 Å². The maximum atomic E-state index is 15.0. The molecule has 14 nitrogen and oxygen atoms in total. The number of halogens is 3. The second-order valence-electron chi connectivity index (χ2n) is 17.9. The van der Waals surface area contributed by atoms with Crippen LogP contribution in [0.5, 0.6) is 11.5 Å². The first kappa shape index (κ1) is 44.8. The molecule has 5 atom stereocenters. The third-order valence-corrected chi connectivity index (χ3v) is 13.6. The van der Waals surface area contributed by atoms with E-state index in [2.05, 4.69) is 16.9 Å². The number of aromatic nitrogens is 2. The van der Waals surface area contributed by atoms with Gasteiger partial charge in [-0.25, -0.2) is 17.7 Å². The molecule has 2 aliphatic carbocycles. The van der Waals surface area contributed by atoms with Crippen LogP contribution in [0.15, 0.2) is 55.3 Å². The molecule has 4 fully saturated rings. The Hall–Kier alpha value is -5.26. The maximum absolute atomic E-state index is 15.0. The summed E-state index contributed by atoms with van der Waals surface area (Å²) in [5, 5.41) is 3.48. The van der Waals surface area contributed by atoms with Crippen LogP contribution in [0, 0.1) is 30.1 Å². The summed E-state index contributed by atoms with van der Waals surface area (Å²) in [6.07, 6.45) is -1.75.